The van der Waals surface area contributed by atoms with Gasteiger partial charge in [-0.15, -0.1) is 0 Å². The van der Waals surface area contributed by atoms with E-state index in [1.165, 1.54) is 32.1 Å². The van der Waals surface area contributed by atoms with Gasteiger partial charge < -0.3 is 0 Å². The Hall–Kier alpha value is -1.11. The van der Waals surface area contributed by atoms with E-state index in [1.54, 1.807) is 0 Å². The molecule has 0 radical (unpaired) electrons. The number of rotatable bonds is 3. The van der Waals surface area contributed by atoms with Crippen molar-refractivity contribution in [1.82, 2.24) is 0 Å². The highest BCUT2D eigenvalue weighted by molar-refractivity contribution is 5.96. The predicted molar refractivity (Wildman–Crippen MR) is 75.9 cm³/mol. The molecule has 4 aliphatic carbocycles. The van der Waals surface area contributed by atoms with Crippen LogP contribution >= 0.6 is 0 Å². The average molecular weight is 254 g/mol. The van der Waals surface area contributed by atoms with E-state index in [-0.39, 0.29) is 0 Å². The van der Waals surface area contributed by atoms with Crippen molar-refractivity contribution in [3.05, 3.63) is 35.9 Å². The van der Waals surface area contributed by atoms with Crippen LogP contribution in [0.25, 0.3) is 0 Å². The first-order valence-corrected chi connectivity index (χ1v) is 7.88. The molecule has 0 amide bonds. The van der Waals surface area contributed by atoms with Gasteiger partial charge in [-0.05, 0) is 61.7 Å². The van der Waals surface area contributed by atoms with E-state index in [0.717, 1.165) is 35.7 Å². The highest BCUT2D eigenvalue weighted by atomic mass is 16.1. The van der Waals surface area contributed by atoms with Crippen molar-refractivity contribution in [2.75, 3.05) is 0 Å². The summed E-state index contributed by atoms with van der Waals surface area (Å²) in [5.41, 5.74) is 0.913. The number of benzene rings is 1. The van der Waals surface area contributed by atoms with Gasteiger partial charge in [0.05, 0.1) is 0 Å². The van der Waals surface area contributed by atoms with Gasteiger partial charge in [0.1, 0.15) is 0 Å². The third kappa shape index (κ3) is 2.04. The molecule has 0 N–H and O–H groups in total. The van der Waals surface area contributed by atoms with Gasteiger partial charge in [-0.1, -0.05) is 30.3 Å². The van der Waals surface area contributed by atoms with E-state index in [4.69, 9.17) is 0 Å². The van der Waals surface area contributed by atoms with Gasteiger partial charge in [0.25, 0.3) is 0 Å². The largest absolute Gasteiger partial charge is 0.294 e. The van der Waals surface area contributed by atoms with Crippen LogP contribution in [-0.2, 0) is 0 Å². The Morgan fingerprint density at radius 3 is 2.05 bits per heavy atom. The van der Waals surface area contributed by atoms with Crippen molar-refractivity contribution in [2.24, 2.45) is 29.6 Å². The second-order valence-electron chi connectivity index (χ2n) is 7.09. The van der Waals surface area contributed by atoms with Crippen molar-refractivity contribution in [1.29, 1.82) is 0 Å². The third-order valence-corrected chi connectivity index (χ3v) is 5.94. The number of Topliss-reactive ketones (excluding diaryl/α,β-unsaturated/α-hetero) is 1. The van der Waals surface area contributed by atoms with E-state index in [9.17, 15) is 4.79 Å². The fraction of sp³-hybridized carbons (Fsp3) is 0.611. The highest BCUT2D eigenvalue weighted by Crippen LogP contribution is 2.57. The van der Waals surface area contributed by atoms with Gasteiger partial charge in [-0.3, -0.25) is 4.79 Å². The summed E-state index contributed by atoms with van der Waals surface area (Å²) in [5, 5.41) is 0. The minimum Gasteiger partial charge on any atom is -0.294 e. The zero-order chi connectivity index (χ0) is 12.8. The maximum atomic E-state index is 12.4. The van der Waals surface area contributed by atoms with Crippen LogP contribution in [0.2, 0.25) is 0 Å². The molecule has 1 aromatic carbocycles. The van der Waals surface area contributed by atoms with Crippen LogP contribution in [0.15, 0.2) is 30.3 Å². The van der Waals surface area contributed by atoms with Crippen LogP contribution in [-0.4, -0.2) is 5.78 Å². The molecule has 100 valence electrons. The minimum atomic E-state index is 0.373. The Balaban J connectivity index is 1.50. The summed E-state index contributed by atoms with van der Waals surface area (Å²) in [5.74, 6) is 4.81. The number of carbonyl (C=O) groups excluding carboxylic acids is 1. The molecule has 0 atom stereocenters. The SMILES string of the molecule is O=C(CC1C2CC3CC(C2)CC1C3)c1ccccc1. The summed E-state index contributed by atoms with van der Waals surface area (Å²) < 4.78 is 0. The van der Waals surface area contributed by atoms with Crippen LogP contribution in [0.5, 0.6) is 0 Å². The zero-order valence-electron chi connectivity index (χ0n) is 11.4. The van der Waals surface area contributed by atoms with Crippen molar-refractivity contribution in [3.63, 3.8) is 0 Å². The number of hydrogen-bond donors (Lipinski definition) is 0. The number of carbonyl (C=O) groups is 1. The van der Waals surface area contributed by atoms with E-state index >= 15 is 0 Å². The molecule has 4 bridgehead atoms. The molecule has 0 aromatic heterocycles. The van der Waals surface area contributed by atoms with Gasteiger partial charge in [0, 0.05) is 12.0 Å². The van der Waals surface area contributed by atoms with Crippen LogP contribution in [0.1, 0.15) is 48.9 Å². The first kappa shape index (κ1) is 11.7. The second kappa shape index (κ2) is 4.47. The Labute approximate surface area is 115 Å². The van der Waals surface area contributed by atoms with Crippen LogP contribution in [0, 0.1) is 29.6 Å². The Morgan fingerprint density at radius 1 is 0.895 bits per heavy atom. The summed E-state index contributed by atoms with van der Waals surface area (Å²) in [7, 11) is 0. The number of hydrogen-bond acceptors (Lipinski definition) is 1. The fourth-order valence-corrected chi connectivity index (χ4v) is 5.33. The lowest BCUT2D eigenvalue weighted by atomic mass is 9.51. The first-order valence-electron chi connectivity index (χ1n) is 7.88. The molecule has 19 heavy (non-hydrogen) atoms. The summed E-state index contributed by atoms with van der Waals surface area (Å²) in [6, 6.07) is 9.88. The smallest absolute Gasteiger partial charge is 0.163 e. The van der Waals surface area contributed by atoms with Crippen LogP contribution < -0.4 is 0 Å². The molecule has 4 fully saturated rings. The summed E-state index contributed by atoms with van der Waals surface area (Å²) in [6.45, 7) is 0. The lowest BCUT2D eigenvalue weighted by Gasteiger charge is -2.54. The molecular formula is C18H22O. The second-order valence-corrected chi connectivity index (χ2v) is 7.09. The van der Waals surface area contributed by atoms with E-state index in [0.29, 0.717) is 11.7 Å². The minimum absolute atomic E-state index is 0.373. The fourth-order valence-electron chi connectivity index (χ4n) is 5.33. The van der Waals surface area contributed by atoms with Crippen molar-refractivity contribution in [2.45, 2.75) is 38.5 Å². The van der Waals surface area contributed by atoms with Gasteiger partial charge >= 0.3 is 0 Å². The zero-order valence-corrected chi connectivity index (χ0v) is 11.4. The summed E-state index contributed by atoms with van der Waals surface area (Å²) in [6.07, 6.45) is 7.96. The summed E-state index contributed by atoms with van der Waals surface area (Å²) >= 11 is 0. The van der Waals surface area contributed by atoms with Crippen molar-refractivity contribution < 1.29 is 4.79 Å². The Bertz CT molecular complexity index is 448. The molecular weight excluding hydrogens is 232 g/mol. The average Bonchev–Trinajstić information content (AvgIpc) is 2.43. The maximum Gasteiger partial charge on any atom is 0.163 e. The maximum absolute atomic E-state index is 12.4. The van der Waals surface area contributed by atoms with Crippen molar-refractivity contribution >= 4 is 5.78 Å². The third-order valence-electron chi connectivity index (χ3n) is 5.94. The van der Waals surface area contributed by atoms with E-state index < -0.39 is 0 Å². The van der Waals surface area contributed by atoms with E-state index in [1.807, 2.05) is 30.3 Å². The standard InChI is InChI=1S/C18H22O/c19-18(14-4-2-1-3-5-14)11-17-15-7-12-6-13(9-15)10-16(17)8-12/h1-5,12-13,15-17H,6-11H2. The predicted octanol–water partition coefficient (Wildman–Crippen LogP) is 4.33. The quantitative estimate of drug-likeness (QED) is 0.734. The van der Waals surface area contributed by atoms with Crippen LogP contribution in [0.4, 0.5) is 0 Å². The molecule has 1 heteroatoms. The van der Waals surface area contributed by atoms with Crippen LogP contribution in [0.3, 0.4) is 0 Å². The Morgan fingerprint density at radius 2 is 1.47 bits per heavy atom. The first-order chi connectivity index (χ1) is 9.29. The topological polar surface area (TPSA) is 17.1 Å². The van der Waals surface area contributed by atoms with Gasteiger partial charge in [-0.25, -0.2) is 0 Å². The molecule has 4 aliphatic rings. The highest BCUT2D eigenvalue weighted by Gasteiger charge is 2.48. The molecule has 1 nitrogen and oxygen atoms in total. The lowest BCUT2D eigenvalue weighted by Crippen LogP contribution is -2.45. The molecule has 5 rings (SSSR count). The number of ketones is 1. The summed E-state index contributed by atoms with van der Waals surface area (Å²) in [4.78, 5) is 12.4. The molecule has 1 aromatic rings. The van der Waals surface area contributed by atoms with Crippen molar-refractivity contribution in [3.8, 4) is 0 Å². The molecule has 4 saturated carbocycles. The molecule has 0 saturated heterocycles. The molecule has 0 spiro atoms. The van der Waals surface area contributed by atoms with Gasteiger partial charge in [-0.2, -0.15) is 0 Å². The lowest BCUT2D eigenvalue weighted by molar-refractivity contribution is -0.0366. The Kier molecular flexibility index (Phi) is 2.75. The molecule has 0 heterocycles. The monoisotopic (exact) mass is 254 g/mol. The van der Waals surface area contributed by atoms with Gasteiger partial charge in [0.2, 0.25) is 0 Å². The molecule has 0 aliphatic heterocycles. The molecule has 0 unspecified atom stereocenters. The van der Waals surface area contributed by atoms with E-state index in [2.05, 4.69) is 0 Å². The normalized spacial score (nSPS) is 39.5. The van der Waals surface area contributed by atoms with Gasteiger partial charge in [0.15, 0.2) is 5.78 Å².